The topological polar surface area (TPSA) is 39.7 Å². The van der Waals surface area contributed by atoms with E-state index >= 15 is 0 Å². The lowest BCUT2D eigenvalue weighted by Crippen LogP contribution is -2.48. The molecule has 150 valence electrons. The zero-order valence-corrected chi connectivity index (χ0v) is 16.7. The molecule has 0 amide bonds. The lowest BCUT2D eigenvalue weighted by Gasteiger charge is -2.33. The molecule has 0 spiro atoms. The molecule has 0 bridgehead atoms. The molecule has 0 radical (unpaired) electrons. The van der Waals surface area contributed by atoms with Crippen LogP contribution >= 0.6 is 0 Å². The molecule has 5 heteroatoms. The number of aliphatic imine (C=N–C) groups is 1. The van der Waals surface area contributed by atoms with Gasteiger partial charge in [0, 0.05) is 39.3 Å². The lowest BCUT2D eigenvalue weighted by molar-refractivity contribution is 0.198. The number of aryl methyl sites for hydroxylation is 1. The Hall–Kier alpha value is -2.40. The van der Waals surface area contributed by atoms with Crippen molar-refractivity contribution in [2.75, 3.05) is 26.7 Å². The second-order valence-electron chi connectivity index (χ2n) is 7.41. The highest BCUT2D eigenvalue weighted by Gasteiger charge is 2.19. The molecular formula is C23H31FN4. The summed E-state index contributed by atoms with van der Waals surface area (Å²) in [6.07, 6.45) is 4.05. The van der Waals surface area contributed by atoms with E-state index in [0.29, 0.717) is 6.04 Å². The molecule has 2 aromatic carbocycles. The summed E-state index contributed by atoms with van der Waals surface area (Å²) in [5.41, 5.74) is 2.42. The maximum Gasteiger partial charge on any atom is 0.191 e. The number of piperidine rings is 1. The van der Waals surface area contributed by atoms with Crippen molar-refractivity contribution >= 4 is 5.96 Å². The van der Waals surface area contributed by atoms with E-state index in [4.69, 9.17) is 0 Å². The minimum Gasteiger partial charge on any atom is -0.356 e. The average molecular weight is 383 g/mol. The average Bonchev–Trinajstić information content (AvgIpc) is 2.72. The Morgan fingerprint density at radius 3 is 2.54 bits per heavy atom. The number of hydrogen-bond donors (Lipinski definition) is 2. The highest BCUT2D eigenvalue weighted by molar-refractivity contribution is 5.79. The molecule has 0 saturated carbocycles. The van der Waals surface area contributed by atoms with Crippen molar-refractivity contribution in [3.05, 3.63) is 71.5 Å². The smallest absolute Gasteiger partial charge is 0.191 e. The highest BCUT2D eigenvalue weighted by atomic mass is 19.1. The van der Waals surface area contributed by atoms with E-state index < -0.39 is 0 Å². The van der Waals surface area contributed by atoms with Gasteiger partial charge in [-0.3, -0.25) is 9.89 Å². The van der Waals surface area contributed by atoms with Crippen LogP contribution in [-0.4, -0.2) is 43.6 Å². The first-order valence-electron chi connectivity index (χ1n) is 10.2. The molecule has 0 unspecified atom stereocenters. The van der Waals surface area contributed by atoms with Crippen molar-refractivity contribution in [1.29, 1.82) is 0 Å². The summed E-state index contributed by atoms with van der Waals surface area (Å²) in [6.45, 7) is 4.05. The number of halogens is 1. The van der Waals surface area contributed by atoms with Crippen LogP contribution in [0.5, 0.6) is 0 Å². The number of nitrogens with one attached hydrogen (secondary N) is 2. The summed E-state index contributed by atoms with van der Waals surface area (Å²) < 4.78 is 13.2. The van der Waals surface area contributed by atoms with Crippen molar-refractivity contribution in [2.24, 2.45) is 4.99 Å². The van der Waals surface area contributed by atoms with Crippen LogP contribution in [0.2, 0.25) is 0 Å². The first-order valence-corrected chi connectivity index (χ1v) is 10.2. The monoisotopic (exact) mass is 382 g/mol. The minimum atomic E-state index is -0.165. The van der Waals surface area contributed by atoms with E-state index in [0.717, 1.165) is 63.4 Å². The summed E-state index contributed by atoms with van der Waals surface area (Å²) in [5, 5.41) is 6.93. The summed E-state index contributed by atoms with van der Waals surface area (Å²) in [5.74, 6) is 0.697. The Morgan fingerprint density at radius 2 is 1.82 bits per heavy atom. The van der Waals surface area contributed by atoms with E-state index in [-0.39, 0.29) is 5.82 Å². The molecule has 2 aromatic rings. The van der Waals surface area contributed by atoms with Crippen molar-refractivity contribution in [3.63, 3.8) is 0 Å². The van der Waals surface area contributed by atoms with Gasteiger partial charge in [0.25, 0.3) is 0 Å². The fourth-order valence-corrected chi connectivity index (χ4v) is 3.66. The third kappa shape index (κ3) is 6.64. The number of likely N-dealkylation sites (tertiary alicyclic amines) is 1. The third-order valence-corrected chi connectivity index (χ3v) is 5.22. The molecule has 28 heavy (non-hydrogen) atoms. The standard InChI is InChI=1S/C23H31FN4/c1-25-23(26-14-6-10-19-9-5-11-21(24)17-19)27-22-12-15-28(16-13-22)18-20-7-3-2-4-8-20/h2-5,7-9,11,17,22H,6,10,12-16,18H2,1H3,(H2,25,26,27). The van der Waals surface area contributed by atoms with Gasteiger partial charge in [-0.1, -0.05) is 42.5 Å². The number of guanidine groups is 1. The molecule has 0 aromatic heterocycles. The number of rotatable bonds is 7. The Kier molecular flexibility index (Phi) is 7.85. The molecular weight excluding hydrogens is 351 g/mol. The molecule has 0 atom stereocenters. The second kappa shape index (κ2) is 10.8. The summed E-state index contributed by atoms with van der Waals surface area (Å²) >= 11 is 0. The predicted octanol–water partition coefficient (Wildman–Crippen LogP) is 3.59. The van der Waals surface area contributed by atoms with Crippen LogP contribution in [0.4, 0.5) is 4.39 Å². The van der Waals surface area contributed by atoms with Crippen molar-refractivity contribution < 1.29 is 4.39 Å². The first-order chi connectivity index (χ1) is 13.7. The SMILES string of the molecule is CN=C(NCCCc1cccc(F)c1)NC1CCN(Cc2ccccc2)CC1. The minimum absolute atomic E-state index is 0.165. The fraction of sp³-hybridized carbons (Fsp3) is 0.435. The van der Waals surface area contributed by atoms with Gasteiger partial charge < -0.3 is 10.6 Å². The number of nitrogens with zero attached hydrogens (tertiary/aromatic N) is 2. The maximum atomic E-state index is 13.2. The molecule has 1 aliphatic heterocycles. The summed E-state index contributed by atoms with van der Waals surface area (Å²) in [6, 6.07) is 18.0. The van der Waals surface area contributed by atoms with E-state index in [9.17, 15) is 4.39 Å². The van der Waals surface area contributed by atoms with Crippen LogP contribution in [0.15, 0.2) is 59.6 Å². The Labute approximate surface area is 167 Å². The van der Waals surface area contributed by atoms with Gasteiger partial charge in [-0.05, 0) is 48.9 Å². The largest absolute Gasteiger partial charge is 0.356 e. The van der Waals surface area contributed by atoms with Gasteiger partial charge in [0.05, 0.1) is 0 Å². The second-order valence-corrected chi connectivity index (χ2v) is 7.41. The zero-order chi connectivity index (χ0) is 19.6. The van der Waals surface area contributed by atoms with Crippen LogP contribution < -0.4 is 10.6 Å². The summed E-state index contributed by atoms with van der Waals surface area (Å²) in [4.78, 5) is 6.86. The van der Waals surface area contributed by atoms with Crippen LogP contribution in [0.25, 0.3) is 0 Å². The van der Waals surface area contributed by atoms with E-state index in [1.807, 2.05) is 13.1 Å². The fourth-order valence-electron chi connectivity index (χ4n) is 3.66. The molecule has 3 rings (SSSR count). The van der Waals surface area contributed by atoms with E-state index in [1.54, 1.807) is 12.1 Å². The molecule has 1 heterocycles. The van der Waals surface area contributed by atoms with E-state index in [1.165, 1.54) is 11.6 Å². The Bertz CT molecular complexity index is 739. The van der Waals surface area contributed by atoms with Gasteiger partial charge in [0.15, 0.2) is 5.96 Å². The van der Waals surface area contributed by atoms with Gasteiger partial charge in [0.1, 0.15) is 5.82 Å². The van der Waals surface area contributed by atoms with Crippen molar-refractivity contribution in [1.82, 2.24) is 15.5 Å². The number of benzene rings is 2. The van der Waals surface area contributed by atoms with Gasteiger partial charge in [-0.2, -0.15) is 0 Å². The van der Waals surface area contributed by atoms with Crippen molar-refractivity contribution in [3.8, 4) is 0 Å². The molecule has 1 aliphatic rings. The lowest BCUT2D eigenvalue weighted by atomic mass is 10.0. The van der Waals surface area contributed by atoms with Gasteiger partial charge in [0.2, 0.25) is 0 Å². The van der Waals surface area contributed by atoms with Gasteiger partial charge >= 0.3 is 0 Å². The molecule has 1 fully saturated rings. The van der Waals surface area contributed by atoms with Gasteiger partial charge in [-0.25, -0.2) is 4.39 Å². The highest BCUT2D eigenvalue weighted by Crippen LogP contribution is 2.13. The zero-order valence-electron chi connectivity index (χ0n) is 16.7. The van der Waals surface area contributed by atoms with Crippen molar-refractivity contribution in [2.45, 2.75) is 38.3 Å². The van der Waals surface area contributed by atoms with Crippen LogP contribution in [0.3, 0.4) is 0 Å². The molecule has 0 aliphatic carbocycles. The summed E-state index contributed by atoms with van der Waals surface area (Å²) in [7, 11) is 1.81. The normalized spacial score (nSPS) is 16.1. The first kappa shape index (κ1) is 20.3. The Morgan fingerprint density at radius 1 is 1.07 bits per heavy atom. The quantitative estimate of drug-likeness (QED) is 0.437. The van der Waals surface area contributed by atoms with Crippen LogP contribution in [0.1, 0.15) is 30.4 Å². The molecule has 4 nitrogen and oxygen atoms in total. The van der Waals surface area contributed by atoms with Crippen LogP contribution in [-0.2, 0) is 13.0 Å². The molecule has 2 N–H and O–H groups in total. The molecule has 1 saturated heterocycles. The Balaban J connectivity index is 1.34. The van der Waals surface area contributed by atoms with E-state index in [2.05, 4.69) is 50.9 Å². The number of hydrogen-bond acceptors (Lipinski definition) is 2. The third-order valence-electron chi connectivity index (χ3n) is 5.22. The van der Waals surface area contributed by atoms with Gasteiger partial charge in [-0.15, -0.1) is 0 Å². The van der Waals surface area contributed by atoms with Crippen LogP contribution in [0, 0.1) is 5.82 Å². The maximum absolute atomic E-state index is 13.2. The predicted molar refractivity (Wildman–Crippen MR) is 114 cm³/mol.